The van der Waals surface area contributed by atoms with Crippen molar-refractivity contribution in [3.8, 4) is 0 Å². The number of nitrogens with zero attached hydrogens (tertiary/aromatic N) is 1. The van der Waals surface area contributed by atoms with Crippen LogP contribution in [-0.2, 0) is 14.3 Å². The van der Waals surface area contributed by atoms with Gasteiger partial charge < -0.3 is 20.1 Å². The van der Waals surface area contributed by atoms with E-state index in [0.717, 1.165) is 12.8 Å². The van der Waals surface area contributed by atoms with Gasteiger partial charge in [-0.2, -0.15) is 0 Å². The molecule has 1 fully saturated rings. The predicted octanol–water partition coefficient (Wildman–Crippen LogP) is 0.833. The first kappa shape index (κ1) is 16.3. The second-order valence-corrected chi connectivity index (χ2v) is 5.29. The van der Waals surface area contributed by atoms with Gasteiger partial charge in [0.1, 0.15) is 6.54 Å². The molecule has 1 saturated carbocycles. The number of methoxy groups -OCH3 is 1. The van der Waals surface area contributed by atoms with Crippen LogP contribution in [-0.4, -0.2) is 53.7 Å². The smallest absolute Gasteiger partial charge is 0.325 e. The Balaban J connectivity index is 2.63. The Morgan fingerprint density at radius 2 is 1.95 bits per heavy atom. The van der Waals surface area contributed by atoms with Crippen molar-refractivity contribution < 1.29 is 24.2 Å². The van der Waals surface area contributed by atoms with Crippen LogP contribution in [0.2, 0.25) is 0 Å². The van der Waals surface area contributed by atoms with E-state index in [1.54, 1.807) is 13.8 Å². The molecule has 0 heterocycles. The number of rotatable bonds is 7. The molecule has 1 aliphatic carbocycles. The SMILES string of the molecule is COC(=O)CN(C(=O)NC(CC(=O)O)C1CC1)C(C)C. The quantitative estimate of drug-likeness (QED) is 0.676. The molecule has 2 amide bonds. The maximum Gasteiger partial charge on any atom is 0.325 e. The third-order valence-corrected chi connectivity index (χ3v) is 3.31. The maximum absolute atomic E-state index is 12.2. The van der Waals surface area contributed by atoms with Gasteiger partial charge in [-0.25, -0.2) is 4.79 Å². The van der Waals surface area contributed by atoms with Crippen molar-refractivity contribution in [2.75, 3.05) is 13.7 Å². The highest BCUT2D eigenvalue weighted by Gasteiger charge is 2.35. The summed E-state index contributed by atoms with van der Waals surface area (Å²) in [5.74, 6) is -1.22. The normalized spacial score (nSPS) is 15.6. The Labute approximate surface area is 118 Å². The average Bonchev–Trinajstić information content (AvgIpc) is 3.17. The monoisotopic (exact) mass is 286 g/mol. The standard InChI is InChI=1S/C13H22N2O5/c1-8(2)15(7-12(18)20-3)13(19)14-10(6-11(16)17)9-4-5-9/h8-10H,4-7H2,1-3H3,(H,14,19)(H,16,17). The topological polar surface area (TPSA) is 95.9 Å². The molecule has 0 spiro atoms. The summed E-state index contributed by atoms with van der Waals surface area (Å²) in [6.45, 7) is 3.42. The fourth-order valence-corrected chi connectivity index (χ4v) is 1.96. The number of carbonyl (C=O) groups excluding carboxylic acids is 2. The summed E-state index contributed by atoms with van der Waals surface area (Å²) in [5, 5.41) is 11.6. The van der Waals surface area contributed by atoms with E-state index < -0.39 is 18.0 Å². The first-order chi connectivity index (χ1) is 9.35. The van der Waals surface area contributed by atoms with Gasteiger partial charge in [0.2, 0.25) is 0 Å². The number of urea groups is 1. The zero-order valence-electron chi connectivity index (χ0n) is 12.1. The molecule has 1 aliphatic rings. The van der Waals surface area contributed by atoms with Gasteiger partial charge >= 0.3 is 18.0 Å². The summed E-state index contributed by atoms with van der Waals surface area (Å²) in [6, 6.07) is -0.985. The van der Waals surface area contributed by atoms with E-state index in [9.17, 15) is 14.4 Å². The second kappa shape index (κ2) is 7.12. The van der Waals surface area contributed by atoms with E-state index in [2.05, 4.69) is 10.1 Å². The minimum Gasteiger partial charge on any atom is -0.481 e. The molecule has 0 aliphatic heterocycles. The van der Waals surface area contributed by atoms with Gasteiger partial charge in [0.15, 0.2) is 0 Å². The lowest BCUT2D eigenvalue weighted by molar-refractivity contribution is -0.142. The fourth-order valence-electron chi connectivity index (χ4n) is 1.96. The molecule has 114 valence electrons. The van der Waals surface area contributed by atoms with Crippen molar-refractivity contribution in [3.63, 3.8) is 0 Å². The van der Waals surface area contributed by atoms with Crippen LogP contribution in [0.1, 0.15) is 33.1 Å². The van der Waals surface area contributed by atoms with Gasteiger partial charge in [0.25, 0.3) is 0 Å². The first-order valence-corrected chi connectivity index (χ1v) is 6.70. The number of carboxylic acid groups (broad SMARTS) is 1. The van der Waals surface area contributed by atoms with E-state index in [1.165, 1.54) is 12.0 Å². The van der Waals surface area contributed by atoms with E-state index in [1.807, 2.05) is 0 Å². The minimum absolute atomic E-state index is 0.0967. The Hall–Kier alpha value is -1.79. The highest BCUT2D eigenvalue weighted by Crippen LogP contribution is 2.34. The molecule has 7 heteroatoms. The van der Waals surface area contributed by atoms with E-state index in [-0.39, 0.29) is 31.0 Å². The first-order valence-electron chi connectivity index (χ1n) is 6.70. The number of aliphatic carboxylic acids is 1. The van der Waals surface area contributed by atoms with Crippen molar-refractivity contribution in [2.45, 2.75) is 45.2 Å². The summed E-state index contributed by atoms with van der Waals surface area (Å²) in [5.41, 5.74) is 0. The van der Waals surface area contributed by atoms with Crippen LogP contribution in [0.3, 0.4) is 0 Å². The molecule has 0 saturated heterocycles. The molecule has 1 rings (SSSR count). The maximum atomic E-state index is 12.2. The number of nitrogens with one attached hydrogen (secondary N) is 1. The zero-order chi connectivity index (χ0) is 15.3. The summed E-state index contributed by atoms with van der Waals surface area (Å²) >= 11 is 0. The van der Waals surface area contributed by atoms with Crippen LogP contribution < -0.4 is 5.32 Å². The lowest BCUT2D eigenvalue weighted by Gasteiger charge is -2.28. The van der Waals surface area contributed by atoms with Crippen molar-refractivity contribution in [3.05, 3.63) is 0 Å². The average molecular weight is 286 g/mol. The molecule has 0 aromatic heterocycles. The van der Waals surface area contributed by atoms with Gasteiger partial charge in [-0.1, -0.05) is 0 Å². The fraction of sp³-hybridized carbons (Fsp3) is 0.769. The summed E-state index contributed by atoms with van der Waals surface area (Å²) in [6.07, 6.45) is 1.76. The molecule has 2 N–H and O–H groups in total. The molecule has 0 bridgehead atoms. The van der Waals surface area contributed by atoms with Crippen molar-refractivity contribution in [1.29, 1.82) is 0 Å². The van der Waals surface area contributed by atoms with Gasteiger partial charge in [0.05, 0.1) is 13.5 Å². The number of carbonyl (C=O) groups is 3. The third-order valence-electron chi connectivity index (χ3n) is 3.31. The second-order valence-electron chi connectivity index (χ2n) is 5.29. The zero-order valence-corrected chi connectivity index (χ0v) is 12.1. The van der Waals surface area contributed by atoms with E-state index >= 15 is 0 Å². The molecule has 0 aromatic rings. The Morgan fingerprint density at radius 1 is 1.35 bits per heavy atom. The predicted molar refractivity (Wildman–Crippen MR) is 71.2 cm³/mol. The summed E-state index contributed by atoms with van der Waals surface area (Å²) in [4.78, 5) is 35.6. The molecule has 0 radical (unpaired) electrons. The van der Waals surface area contributed by atoms with Crippen LogP contribution in [0.4, 0.5) is 4.79 Å². The summed E-state index contributed by atoms with van der Waals surface area (Å²) < 4.78 is 4.56. The van der Waals surface area contributed by atoms with Crippen LogP contribution in [0.25, 0.3) is 0 Å². The molecular formula is C13H22N2O5. The molecule has 1 unspecified atom stereocenters. The van der Waals surface area contributed by atoms with Crippen LogP contribution in [0, 0.1) is 5.92 Å². The number of esters is 1. The lowest BCUT2D eigenvalue weighted by atomic mass is 10.1. The van der Waals surface area contributed by atoms with Crippen molar-refractivity contribution in [2.24, 2.45) is 5.92 Å². The number of hydrogen-bond donors (Lipinski definition) is 2. The van der Waals surface area contributed by atoms with Gasteiger partial charge in [-0.05, 0) is 32.6 Å². The Morgan fingerprint density at radius 3 is 2.35 bits per heavy atom. The molecule has 1 atom stereocenters. The van der Waals surface area contributed by atoms with Crippen LogP contribution >= 0.6 is 0 Å². The number of amides is 2. The minimum atomic E-state index is -0.939. The molecule has 7 nitrogen and oxygen atoms in total. The van der Waals surface area contributed by atoms with Crippen molar-refractivity contribution >= 4 is 18.0 Å². The van der Waals surface area contributed by atoms with E-state index in [0.29, 0.717) is 0 Å². The summed E-state index contributed by atoms with van der Waals surface area (Å²) in [7, 11) is 1.26. The highest BCUT2D eigenvalue weighted by molar-refractivity contribution is 5.81. The number of carboxylic acids is 1. The third kappa shape index (κ3) is 5.07. The van der Waals surface area contributed by atoms with E-state index in [4.69, 9.17) is 5.11 Å². The Bertz CT molecular complexity index is 379. The number of ether oxygens (including phenoxy) is 1. The highest BCUT2D eigenvalue weighted by atomic mass is 16.5. The van der Waals surface area contributed by atoms with Gasteiger partial charge in [-0.3, -0.25) is 9.59 Å². The molecule has 20 heavy (non-hydrogen) atoms. The van der Waals surface area contributed by atoms with Crippen LogP contribution in [0.15, 0.2) is 0 Å². The number of hydrogen-bond acceptors (Lipinski definition) is 4. The largest absolute Gasteiger partial charge is 0.481 e. The van der Waals surface area contributed by atoms with Crippen molar-refractivity contribution in [1.82, 2.24) is 10.2 Å². The molecular weight excluding hydrogens is 264 g/mol. The lowest BCUT2D eigenvalue weighted by Crippen LogP contribution is -2.50. The van der Waals surface area contributed by atoms with Crippen LogP contribution in [0.5, 0.6) is 0 Å². The van der Waals surface area contributed by atoms with Gasteiger partial charge in [-0.15, -0.1) is 0 Å². The molecule has 0 aromatic carbocycles. The Kier molecular flexibility index (Phi) is 5.79. The van der Waals surface area contributed by atoms with Gasteiger partial charge in [0, 0.05) is 12.1 Å².